The summed E-state index contributed by atoms with van der Waals surface area (Å²) in [7, 11) is 0. The number of hydrogen-bond donors (Lipinski definition) is 2. The van der Waals surface area contributed by atoms with Crippen LogP contribution in [0.5, 0.6) is 0 Å². The van der Waals surface area contributed by atoms with Gasteiger partial charge in [-0.25, -0.2) is 0 Å². The number of carbonyl (C=O) groups excluding carboxylic acids is 1. The summed E-state index contributed by atoms with van der Waals surface area (Å²) in [6, 6.07) is 1.31. The van der Waals surface area contributed by atoms with Gasteiger partial charge in [-0.3, -0.25) is 14.6 Å². The first-order chi connectivity index (χ1) is 9.80. The SMILES string of the molecule is CC1CN2CCCC2CN1C(CN)CC(=O)NC(C)(C)C. The molecular weight excluding hydrogens is 264 g/mol. The summed E-state index contributed by atoms with van der Waals surface area (Å²) in [6.45, 7) is 12.3. The fourth-order valence-electron chi connectivity index (χ4n) is 3.74. The van der Waals surface area contributed by atoms with Crippen LogP contribution in [-0.4, -0.2) is 65.6 Å². The molecule has 0 spiro atoms. The van der Waals surface area contributed by atoms with Crippen LogP contribution < -0.4 is 11.1 Å². The quantitative estimate of drug-likeness (QED) is 0.805. The van der Waals surface area contributed by atoms with Crippen LogP contribution in [-0.2, 0) is 4.79 Å². The van der Waals surface area contributed by atoms with Gasteiger partial charge < -0.3 is 11.1 Å². The Morgan fingerprint density at radius 2 is 2.10 bits per heavy atom. The maximum Gasteiger partial charge on any atom is 0.222 e. The number of rotatable bonds is 4. The van der Waals surface area contributed by atoms with E-state index in [4.69, 9.17) is 5.73 Å². The molecule has 21 heavy (non-hydrogen) atoms. The fraction of sp³-hybridized carbons (Fsp3) is 0.938. The molecule has 5 heteroatoms. The predicted octanol–water partition coefficient (Wildman–Crippen LogP) is 0.787. The van der Waals surface area contributed by atoms with E-state index in [2.05, 4.69) is 22.0 Å². The summed E-state index contributed by atoms with van der Waals surface area (Å²) in [5.41, 5.74) is 5.81. The van der Waals surface area contributed by atoms with Gasteiger partial charge in [0, 0.05) is 49.7 Å². The molecule has 2 heterocycles. The van der Waals surface area contributed by atoms with Crippen LogP contribution in [0.15, 0.2) is 0 Å². The summed E-state index contributed by atoms with van der Waals surface area (Å²) in [5, 5.41) is 3.05. The monoisotopic (exact) mass is 296 g/mol. The average Bonchev–Trinajstić information content (AvgIpc) is 2.80. The molecule has 2 aliphatic heterocycles. The Kier molecular flexibility index (Phi) is 5.28. The Morgan fingerprint density at radius 1 is 1.38 bits per heavy atom. The van der Waals surface area contributed by atoms with E-state index in [1.807, 2.05) is 20.8 Å². The minimum absolute atomic E-state index is 0.110. The highest BCUT2D eigenvalue weighted by molar-refractivity contribution is 5.77. The molecule has 2 fully saturated rings. The Labute approximate surface area is 129 Å². The first-order valence-corrected chi connectivity index (χ1v) is 8.31. The third kappa shape index (κ3) is 4.41. The highest BCUT2D eigenvalue weighted by Gasteiger charge is 2.37. The molecule has 2 rings (SSSR count). The van der Waals surface area contributed by atoms with Gasteiger partial charge in [0.1, 0.15) is 0 Å². The highest BCUT2D eigenvalue weighted by Crippen LogP contribution is 2.26. The summed E-state index contributed by atoms with van der Waals surface area (Å²) >= 11 is 0. The molecular formula is C16H32N4O. The molecule has 0 radical (unpaired) electrons. The van der Waals surface area contributed by atoms with E-state index in [0.29, 0.717) is 25.0 Å². The van der Waals surface area contributed by atoms with Gasteiger partial charge in [-0.1, -0.05) is 0 Å². The van der Waals surface area contributed by atoms with Crippen molar-refractivity contribution in [1.82, 2.24) is 15.1 Å². The zero-order chi connectivity index (χ0) is 15.6. The molecule has 3 unspecified atom stereocenters. The summed E-state index contributed by atoms with van der Waals surface area (Å²) < 4.78 is 0. The maximum absolute atomic E-state index is 12.2. The molecule has 122 valence electrons. The minimum atomic E-state index is -0.175. The zero-order valence-electron chi connectivity index (χ0n) is 14.1. The lowest BCUT2D eigenvalue weighted by Gasteiger charge is -2.45. The molecule has 0 aromatic heterocycles. The summed E-state index contributed by atoms with van der Waals surface area (Å²) in [5.74, 6) is 0.110. The van der Waals surface area contributed by atoms with E-state index < -0.39 is 0 Å². The van der Waals surface area contributed by atoms with Crippen molar-refractivity contribution in [3.8, 4) is 0 Å². The lowest BCUT2D eigenvalue weighted by atomic mass is 10.0. The van der Waals surface area contributed by atoms with Crippen LogP contribution in [0.4, 0.5) is 0 Å². The standard InChI is InChI=1S/C16H32N4O/c1-12-10-19-7-5-6-13(19)11-20(12)14(9-17)8-15(21)18-16(2,3)4/h12-14H,5-11,17H2,1-4H3,(H,18,21). The topological polar surface area (TPSA) is 61.6 Å². The number of nitrogens with two attached hydrogens (primary N) is 1. The largest absolute Gasteiger partial charge is 0.351 e. The molecule has 0 aromatic rings. The lowest BCUT2D eigenvalue weighted by Crippen LogP contribution is -2.60. The summed E-state index contributed by atoms with van der Waals surface area (Å²) in [4.78, 5) is 17.3. The fourth-order valence-corrected chi connectivity index (χ4v) is 3.74. The van der Waals surface area contributed by atoms with Crippen LogP contribution in [0.3, 0.4) is 0 Å². The van der Waals surface area contributed by atoms with Gasteiger partial charge in [-0.15, -0.1) is 0 Å². The van der Waals surface area contributed by atoms with E-state index in [1.54, 1.807) is 0 Å². The predicted molar refractivity (Wildman–Crippen MR) is 86.1 cm³/mol. The number of carbonyl (C=O) groups is 1. The van der Waals surface area contributed by atoms with Gasteiger partial charge in [0.15, 0.2) is 0 Å². The van der Waals surface area contributed by atoms with Gasteiger partial charge in [-0.05, 0) is 47.1 Å². The number of amides is 1. The van der Waals surface area contributed by atoms with Crippen molar-refractivity contribution in [3.63, 3.8) is 0 Å². The van der Waals surface area contributed by atoms with E-state index in [1.165, 1.54) is 19.4 Å². The molecule has 1 amide bonds. The number of hydrogen-bond acceptors (Lipinski definition) is 4. The second-order valence-corrected chi connectivity index (χ2v) is 7.73. The van der Waals surface area contributed by atoms with Crippen molar-refractivity contribution in [2.24, 2.45) is 5.73 Å². The van der Waals surface area contributed by atoms with E-state index in [-0.39, 0.29) is 17.5 Å². The number of nitrogens with one attached hydrogen (secondary N) is 1. The molecule has 0 aromatic carbocycles. The van der Waals surface area contributed by atoms with Crippen molar-refractivity contribution >= 4 is 5.91 Å². The van der Waals surface area contributed by atoms with Gasteiger partial charge >= 0.3 is 0 Å². The molecule has 2 saturated heterocycles. The Bertz CT molecular complexity index is 366. The zero-order valence-corrected chi connectivity index (χ0v) is 14.1. The first-order valence-electron chi connectivity index (χ1n) is 8.31. The van der Waals surface area contributed by atoms with Crippen LogP contribution in [0, 0.1) is 0 Å². The van der Waals surface area contributed by atoms with Gasteiger partial charge in [0.2, 0.25) is 5.91 Å². The number of piperazine rings is 1. The van der Waals surface area contributed by atoms with Crippen molar-refractivity contribution in [2.75, 3.05) is 26.2 Å². The first kappa shape index (κ1) is 16.7. The Morgan fingerprint density at radius 3 is 2.71 bits per heavy atom. The van der Waals surface area contributed by atoms with Crippen LogP contribution >= 0.6 is 0 Å². The van der Waals surface area contributed by atoms with Crippen molar-refractivity contribution in [3.05, 3.63) is 0 Å². The third-order valence-electron chi connectivity index (χ3n) is 4.66. The lowest BCUT2D eigenvalue weighted by molar-refractivity contribution is -0.124. The molecule has 2 aliphatic rings. The molecule has 3 N–H and O–H groups in total. The van der Waals surface area contributed by atoms with Gasteiger partial charge in [0.25, 0.3) is 0 Å². The Hall–Kier alpha value is -0.650. The Balaban J connectivity index is 1.95. The van der Waals surface area contributed by atoms with Crippen molar-refractivity contribution in [2.45, 2.75) is 70.6 Å². The average molecular weight is 296 g/mol. The highest BCUT2D eigenvalue weighted by atomic mass is 16.1. The van der Waals surface area contributed by atoms with E-state index >= 15 is 0 Å². The number of fused-ring (bicyclic) bond motifs is 1. The smallest absolute Gasteiger partial charge is 0.222 e. The van der Waals surface area contributed by atoms with E-state index in [0.717, 1.165) is 13.1 Å². The van der Waals surface area contributed by atoms with Gasteiger partial charge in [0.05, 0.1) is 0 Å². The molecule has 0 bridgehead atoms. The molecule has 0 saturated carbocycles. The van der Waals surface area contributed by atoms with Crippen LogP contribution in [0.1, 0.15) is 47.0 Å². The maximum atomic E-state index is 12.2. The minimum Gasteiger partial charge on any atom is -0.351 e. The second-order valence-electron chi connectivity index (χ2n) is 7.73. The van der Waals surface area contributed by atoms with Crippen LogP contribution in [0.2, 0.25) is 0 Å². The van der Waals surface area contributed by atoms with Crippen LogP contribution in [0.25, 0.3) is 0 Å². The third-order valence-corrected chi connectivity index (χ3v) is 4.66. The van der Waals surface area contributed by atoms with Crippen molar-refractivity contribution in [1.29, 1.82) is 0 Å². The number of nitrogens with zero attached hydrogens (tertiary/aromatic N) is 2. The molecule has 3 atom stereocenters. The summed E-state index contributed by atoms with van der Waals surface area (Å²) in [6.07, 6.45) is 3.10. The van der Waals surface area contributed by atoms with Gasteiger partial charge in [-0.2, -0.15) is 0 Å². The molecule has 0 aliphatic carbocycles. The molecule has 5 nitrogen and oxygen atoms in total. The normalized spacial score (nSPS) is 29.2. The second kappa shape index (κ2) is 6.63. The van der Waals surface area contributed by atoms with Crippen molar-refractivity contribution < 1.29 is 4.79 Å². The van der Waals surface area contributed by atoms with E-state index in [9.17, 15) is 4.79 Å².